The van der Waals surface area contributed by atoms with Crippen LogP contribution < -0.4 is 0 Å². The molecule has 0 bridgehead atoms. The minimum absolute atomic E-state index is 0.110. The lowest BCUT2D eigenvalue weighted by Gasteiger charge is -2.17. The van der Waals surface area contributed by atoms with Crippen LogP contribution in [0.2, 0.25) is 0 Å². The third kappa shape index (κ3) is 2.97. The predicted molar refractivity (Wildman–Crippen MR) is 99.1 cm³/mol. The van der Waals surface area contributed by atoms with E-state index < -0.39 is 23.6 Å². The second-order valence-corrected chi connectivity index (χ2v) is 6.98. The lowest BCUT2D eigenvalue weighted by molar-refractivity contribution is -0.141. The number of nitrogens with zero attached hydrogens (tertiary/aromatic N) is 2. The minimum Gasteiger partial charge on any atom is -0.481 e. The van der Waals surface area contributed by atoms with E-state index in [-0.39, 0.29) is 19.0 Å². The molecule has 1 aromatic heterocycles. The van der Waals surface area contributed by atoms with Crippen molar-refractivity contribution < 1.29 is 19.1 Å². The molecule has 0 unspecified atom stereocenters. The number of rotatable bonds is 3. The zero-order chi connectivity index (χ0) is 19.1. The fraction of sp³-hybridized carbons (Fsp3) is 0.238. The van der Waals surface area contributed by atoms with Crippen LogP contribution in [0.15, 0.2) is 54.7 Å². The fourth-order valence-electron chi connectivity index (χ4n) is 3.95. The van der Waals surface area contributed by atoms with E-state index in [0.717, 1.165) is 10.9 Å². The van der Waals surface area contributed by atoms with Crippen molar-refractivity contribution in [2.45, 2.75) is 5.92 Å². The summed E-state index contributed by atoms with van der Waals surface area (Å²) in [7, 11) is 1.91. The Morgan fingerprint density at radius 2 is 1.89 bits per heavy atom. The van der Waals surface area contributed by atoms with Crippen LogP contribution in [-0.2, 0) is 11.8 Å². The van der Waals surface area contributed by atoms with Crippen molar-refractivity contribution >= 4 is 22.8 Å². The Morgan fingerprint density at radius 1 is 1.11 bits per heavy atom. The molecule has 0 spiro atoms. The highest BCUT2D eigenvalue weighted by molar-refractivity contribution is 6.06. The number of aryl methyl sites for hydroxylation is 1. The van der Waals surface area contributed by atoms with Gasteiger partial charge in [0.15, 0.2) is 0 Å². The first-order valence-corrected chi connectivity index (χ1v) is 8.77. The van der Waals surface area contributed by atoms with Crippen molar-refractivity contribution in [3.8, 4) is 0 Å². The number of carboxylic acid groups (broad SMARTS) is 1. The Morgan fingerprint density at radius 3 is 2.63 bits per heavy atom. The Hall–Kier alpha value is -3.15. The standard InChI is InChI=1S/C21H19FN2O3/c1-23-9-8-15-16(6-3-7-19(15)23)20(25)24-11-17(18(12-24)21(26)27)13-4-2-5-14(22)10-13/h2-10,17-18H,11-12H2,1H3,(H,26,27)/t17-,18+/m1/s1. The van der Waals surface area contributed by atoms with Crippen LogP contribution in [0.1, 0.15) is 21.8 Å². The first-order chi connectivity index (χ1) is 13.0. The van der Waals surface area contributed by atoms with Gasteiger partial charge in [-0.1, -0.05) is 18.2 Å². The molecule has 0 saturated carbocycles. The number of benzene rings is 2. The molecule has 4 rings (SSSR count). The summed E-state index contributed by atoms with van der Waals surface area (Å²) in [5.74, 6) is -2.77. The average Bonchev–Trinajstić information content (AvgIpc) is 3.26. The molecule has 1 saturated heterocycles. The van der Waals surface area contributed by atoms with Crippen LogP contribution >= 0.6 is 0 Å². The molecule has 2 atom stereocenters. The quantitative estimate of drug-likeness (QED) is 0.774. The van der Waals surface area contributed by atoms with Gasteiger partial charge in [0.05, 0.1) is 5.92 Å². The summed E-state index contributed by atoms with van der Waals surface area (Å²) >= 11 is 0. The molecule has 1 fully saturated rings. The maximum atomic E-state index is 13.6. The molecule has 6 heteroatoms. The zero-order valence-electron chi connectivity index (χ0n) is 14.8. The van der Waals surface area contributed by atoms with Crippen molar-refractivity contribution in [1.29, 1.82) is 0 Å². The van der Waals surface area contributed by atoms with Crippen molar-refractivity contribution in [3.05, 3.63) is 71.7 Å². The lowest BCUT2D eigenvalue weighted by Crippen LogP contribution is -2.30. The molecule has 0 aliphatic carbocycles. The molecule has 138 valence electrons. The van der Waals surface area contributed by atoms with Crippen molar-refractivity contribution in [2.24, 2.45) is 13.0 Å². The summed E-state index contributed by atoms with van der Waals surface area (Å²) in [6.07, 6.45) is 1.89. The second-order valence-electron chi connectivity index (χ2n) is 6.98. The molecular weight excluding hydrogens is 347 g/mol. The number of aliphatic carboxylic acids is 1. The SMILES string of the molecule is Cn1ccc2c(C(=O)N3C[C@H](C(=O)O)[C@@H](c4cccc(F)c4)C3)cccc21. The van der Waals surface area contributed by atoms with E-state index in [2.05, 4.69) is 0 Å². The number of fused-ring (bicyclic) bond motifs is 1. The van der Waals surface area contributed by atoms with Gasteiger partial charge in [-0.2, -0.15) is 0 Å². The normalized spacial score (nSPS) is 19.6. The minimum atomic E-state index is -0.975. The fourth-order valence-corrected chi connectivity index (χ4v) is 3.95. The third-order valence-corrected chi connectivity index (χ3v) is 5.36. The molecule has 2 heterocycles. The molecule has 1 amide bonds. The van der Waals surface area contributed by atoms with Gasteiger partial charge in [-0.15, -0.1) is 0 Å². The number of hydrogen-bond acceptors (Lipinski definition) is 2. The van der Waals surface area contributed by atoms with E-state index >= 15 is 0 Å². The Balaban J connectivity index is 1.68. The van der Waals surface area contributed by atoms with Gasteiger partial charge in [-0.25, -0.2) is 4.39 Å². The Kier molecular flexibility index (Phi) is 4.18. The van der Waals surface area contributed by atoms with Crippen molar-refractivity contribution in [3.63, 3.8) is 0 Å². The molecule has 2 aromatic carbocycles. The van der Waals surface area contributed by atoms with Gasteiger partial charge in [0, 0.05) is 48.7 Å². The highest BCUT2D eigenvalue weighted by Gasteiger charge is 2.41. The smallest absolute Gasteiger partial charge is 0.308 e. The number of carbonyl (C=O) groups excluding carboxylic acids is 1. The van der Waals surface area contributed by atoms with Crippen LogP contribution in [0.25, 0.3) is 10.9 Å². The van der Waals surface area contributed by atoms with E-state index in [0.29, 0.717) is 11.1 Å². The van der Waals surface area contributed by atoms with Gasteiger partial charge in [0.1, 0.15) is 5.82 Å². The van der Waals surface area contributed by atoms with Crippen LogP contribution in [0.3, 0.4) is 0 Å². The molecule has 0 radical (unpaired) electrons. The van der Waals surface area contributed by atoms with Gasteiger partial charge in [-0.3, -0.25) is 9.59 Å². The number of hydrogen-bond donors (Lipinski definition) is 1. The van der Waals surface area contributed by atoms with E-state index in [9.17, 15) is 19.1 Å². The summed E-state index contributed by atoms with van der Waals surface area (Å²) in [5, 5.41) is 10.5. The molecular formula is C21H19FN2O3. The molecule has 1 aliphatic rings. The summed E-state index contributed by atoms with van der Waals surface area (Å²) in [6.45, 7) is 0.362. The number of likely N-dealkylation sites (tertiary alicyclic amines) is 1. The van der Waals surface area contributed by atoms with Gasteiger partial charge >= 0.3 is 5.97 Å². The first-order valence-electron chi connectivity index (χ1n) is 8.77. The van der Waals surface area contributed by atoms with E-state index in [1.54, 1.807) is 23.1 Å². The summed E-state index contributed by atoms with van der Waals surface area (Å²) < 4.78 is 15.6. The number of halogens is 1. The number of carbonyl (C=O) groups is 2. The summed E-state index contributed by atoms with van der Waals surface area (Å²) in [4.78, 5) is 26.5. The van der Waals surface area contributed by atoms with Crippen molar-refractivity contribution in [2.75, 3.05) is 13.1 Å². The van der Waals surface area contributed by atoms with Crippen molar-refractivity contribution in [1.82, 2.24) is 9.47 Å². The Labute approximate surface area is 155 Å². The summed E-state index contributed by atoms with van der Waals surface area (Å²) in [5.41, 5.74) is 2.10. The summed E-state index contributed by atoms with van der Waals surface area (Å²) in [6, 6.07) is 13.4. The van der Waals surface area contributed by atoms with E-state index in [4.69, 9.17) is 0 Å². The number of aromatic nitrogens is 1. The van der Waals surface area contributed by atoms with E-state index in [1.165, 1.54) is 12.1 Å². The lowest BCUT2D eigenvalue weighted by atomic mass is 9.89. The number of amides is 1. The zero-order valence-corrected chi connectivity index (χ0v) is 14.8. The van der Waals surface area contributed by atoms with Gasteiger partial charge in [0.25, 0.3) is 5.91 Å². The van der Waals surface area contributed by atoms with Crippen LogP contribution in [0.5, 0.6) is 0 Å². The number of carboxylic acids is 1. The maximum absolute atomic E-state index is 13.6. The highest BCUT2D eigenvalue weighted by Crippen LogP contribution is 2.34. The van der Waals surface area contributed by atoms with Gasteiger partial charge < -0.3 is 14.6 Å². The first kappa shape index (κ1) is 17.3. The average molecular weight is 366 g/mol. The Bertz CT molecular complexity index is 1040. The third-order valence-electron chi connectivity index (χ3n) is 5.36. The highest BCUT2D eigenvalue weighted by atomic mass is 19.1. The van der Waals surface area contributed by atoms with Gasteiger partial charge in [0.2, 0.25) is 0 Å². The predicted octanol–water partition coefficient (Wildman–Crippen LogP) is 3.26. The molecule has 3 aromatic rings. The molecule has 1 aliphatic heterocycles. The molecule has 5 nitrogen and oxygen atoms in total. The van der Waals surface area contributed by atoms with E-state index in [1.807, 2.05) is 36.0 Å². The largest absolute Gasteiger partial charge is 0.481 e. The van der Waals surface area contributed by atoms with Crippen LogP contribution in [0, 0.1) is 11.7 Å². The topological polar surface area (TPSA) is 62.5 Å². The monoisotopic (exact) mass is 366 g/mol. The molecule has 27 heavy (non-hydrogen) atoms. The maximum Gasteiger partial charge on any atom is 0.308 e. The van der Waals surface area contributed by atoms with Crippen LogP contribution in [-0.4, -0.2) is 39.5 Å². The van der Waals surface area contributed by atoms with Gasteiger partial charge in [-0.05, 0) is 35.9 Å². The van der Waals surface area contributed by atoms with Crippen LogP contribution in [0.4, 0.5) is 4.39 Å². The molecule has 1 N–H and O–H groups in total. The second kappa shape index (κ2) is 6.54.